The fraction of sp³-hybridized carbons (Fsp3) is 0.458. The van der Waals surface area contributed by atoms with Crippen molar-refractivity contribution in [3.63, 3.8) is 0 Å². The molecular weight excluding hydrogens is 426 g/mol. The third-order valence-corrected chi connectivity index (χ3v) is 7.66. The minimum Gasteiger partial charge on any atom is -0.497 e. The number of rotatable bonds is 7. The molecule has 2 aromatic carbocycles. The Balaban J connectivity index is 1.49. The summed E-state index contributed by atoms with van der Waals surface area (Å²) in [6.45, 7) is 4.43. The van der Waals surface area contributed by atoms with Gasteiger partial charge in [-0.3, -0.25) is 14.0 Å². The number of ether oxygens (including phenoxy) is 1. The van der Waals surface area contributed by atoms with Gasteiger partial charge in [-0.1, -0.05) is 12.1 Å². The molecule has 2 heterocycles. The number of fused-ring (bicyclic) bond motifs is 1. The minimum atomic E-state index is -3.35. The van der Waals surface area contributed by atoms with Crippen LogP contribution >= 0.6 is 0 Å². The summed E-state index contributed by atoms with van der Waals surface area (Å²) in [5.74, 6) is 0.671. The smallest absolute Gasteiger partial charge is 0.251 e. The van der Waals surface area contributed by atoms with E-state index in [-0.39, 0.29) is 18.0 Å². The molecule has 2 aliphatic heterocycles. The van der Waals surface area contributed by atoms with Gasteiger partial charge in [0, 0.05) is 18.2 Å². The van der Waals surface area contributed by atoms with Gasteiger partial charge in [-0.2, -0.15) is 0 Å². The summed E-state index contributed by atoms with van der Waals surface area (Å²) in [6, 6.07) is 13.3. The van der Waals surface area contributed by atoms with Crippen LogP contribution < -0.4 is 14.4 Å². The number of nitrogens with zero attached hydrogens (tertiary/aromatic N) is 2. The van der Waals surface area contributed by atoms with Crippen molar-refractivity contribution in [2.45, 2.75) is 38.3 Å². The Kier molecular flexibility index (Phi) is 6.44. The number of sulfonamides is 1. The van der Waals surface area contributed by atoms with Crippen LogP contribution in [0.3, 0.4) is 0 Å². The minimum absolute atomic E-state index is 0.0996. The lowest BCUT2D eigenvalue weighted by atomic mass is 10.0. The van der Waals surface area contributed by atoms with Gasteiger partial charge in [-0.25, -0.2) is 8.42 Å². The Morgan fingerprint density at radius 2 is 1.84 bits per heavy atom. The van der Waals surface area contributed by atoms with Gasteiger partial charge in [-0.05, 0) is 80.7 Å². The molecule has 32 heavy (non-hydrogen) atoms. The largest absolute Gasteiger partial charge is 0.497 e. The second-order valence-electron chi connectivity index (χ2n) is 8.70. The van der Waals surface area contributed by atoms with Crippen molar-refractivity contribution in [2.24, 2.45) is 0 Å². The van der Waals surface area contributed by atoms with Gasteiger partial charge >= 0.3 is 0 Å². The van der Waals surface area contributed by atoms with Crippen LogP contribution in [0, 0.1) is 0 Å². The number of anilines is 1. The van der Waals surface area contributed by atoms with E-state index in [2.05, 4.69) is 22.3 Å². The molecule has 0 radical (unpaired) electrons. The fourth-order valence-electron chi connectivity index (χ4n) is 4.88. The molecule has 2 atom stereocenters. The normalized spacial score (nSPS) is 19.6. The van der Waals surface area contributed by atoms with E-state index < -0.39 is 10.0 Å². The molecule has 1 saturated heterocycles. The van der Waals surface area contributed by atoms with Crippen molar-refractivity contribution in [1.29, 1.82) is 0 Å². The van der Waals surface area contributed by atoms with Crippen LogP contribution in [0.1, 0.15) is 47.3 Å². The van der Waals surface area contributed by atoms with Gasteiger partial charge in [0.1, 0.15) is 5.75 Å². The van der Waals surface area contributed by atoms with Crippen molar-refractivity contribution in [2.75, 3.05) is 37.3 Å². The number of carbonyl (C=O) groups excluding carboxylic acids is 1. The molecule has 0 spiro atoms. The average molecular weight is 458 g/mol. The van der Waals surface area contributed by atoms with E-state index >= 15 is 0 Å². The maximum absolute atomic E-state index is 13.0. The van der Waals surface area contributed by atoms with E-state index in [4.69, 9.17) is 4.74 Å². The molecule has 4 rings (SSSR count). The lowest BCUT2D eigenvalue weighted by molar-refractivity contribution is 0.0938. The standard InChI is InChI=1S/C24H31N3O4S/c1-17-14-20-15-19(8-11-22(20)27(17)32(3,29)30)24(28)25-16-23(26-12-4-5-13-26)18-6-9-21(31-2)10-7-18/h6-11,15,17,23H,4-5,12-14,16H2,1-3H3,(H,25,28)/t17-,23+/m1/s1. The summed E-state index contributed by atoms with van der Waals surface area (Å²) in [4.78, 5) is 15.4. The molecule has 0 saturated carbocycles. The van der Waals surface area contributed by atoms with Crippen LogP contribution in [0.25, 0.3) is 0 Å². The van der Waals surface area contributed by atoms with Crippen molar-refractivity contribution < 1.29 is 17.9 Å². The van der Waals surface area contributed by atoms with E-state index in [1.807, 2.05) is 25.1 Å². The van der Waals surface area contributed by atoms with Gasteiger partial charge in [0.25, 0.3) is 5.91 Å². The van der Waals surface area contributed by atoms with Crippen LogP contribution in [-0.4, -0.2) is 58.3 Å². The highest BCUT2D eigenvalue weighted by Gasteiger charge is 2.33. The third-order valence-electron chi connectivity index (χ3n) is 6.39. The molecular formula is C24H31N3O4S. The summed E-state index contributed by atoms with van der Waals surface area (Å²) in [5, 5.41) is 3.10. The van der Waals surface area contributed by atoms with Gasteiger partial charge in [0.15, 0.2) is 0 Å². The Hall–Kier alpha value is -2.58. The molecule has 1 amide bonds. The molecule has 2 aliphatic rings. The van der Waals surface area contributed by atoms with Crippen LogP contribution in [-0.2, 0) is 16.4 Å². The number of hydrogen-bond acceptors (Lipinski definition) is 5. The van der Waals surface area contributed by atoms with Crippen molar-refractivity contribution in [3.8, 4) is 5.75 Å². The SMILES string of the molecule is COc1ccc([C@H](CNC(=O)c2ccc3c(c2)C[C@@H](C)N3S(C)(=O)=O)N2CCCC2)cc1. The number of likely N-dealkylation sites (tertiary alicyclic amines) is 1. The van der Waals surface area contributed by atoms with E-state index in [1.165, 1.54) is 23.4 Å². The zero-order valence-corrected chi connectivity index (χ0v) is 19.7. The Labute approximate surface area is 190 Å². The van der Waals surface area contributed by atoms with Crippen LogP contribution in [0.2, 0.25) is 0 Å². The van der Waals surface area contributed by atoms with Crippen molar-refractivity contribution in [3.05, 3.63) is 59.2 Å². The number of methoxy groups -OCH3 is 1. The van der Waals surface area contributed by atoms with Gasteiger partial charge < -0.3 is 10.1 Å². The van der Waals surface area contributed by atoms with Crippen LogP contribution in [0.4, 0.5) is 5.69 Å². The van der Waals surface area contributed by atoms with Crippen LogP contribution in [0.15, 0.2) is 42.5 Å². The summed E-state index contributed by atoms with van der Waals surface area (Å²) >= 11 is 0. The van der Waals surface area contributed by atoms with Gasteiger partial charge in [0.05, 0.1) is 25.1 Å². The molecule has 0 aliphatic carbocycles. The lowest BCUT2D eigenvalue weighted by Gasteiger charge is -2.28. The van der Waals surface area contributed by atoms with E-state index in [0.717, 1.165) is 30.0 Å². The summed E-state index contributed by atoms with van der Waals surface area (Å²) in [5.41, 5.74) is 3.27. The molecule has 2 aromatic rings. The Bertz CT molecular complexity index is 1080. The first-order valence-electron chi connectivity index (χ1n) is 11.1. The molecule has 172 valence electrons. The van der Waals surface area contributed by atoms with E-state index in [9.17, 15) is 13.2 Å². The monoisotopic (exact) mass is 457 g/mol. The van der Waals surface area contributed by atoms with Gasteiger partial charge in [-0.15, -0.1) is 0 Å². The molecule has 7 nitrogen and oxygen atoms in total. The zero-order valence-electron chi connectivity index (χ0n) is 18.9. The molecule has 0 unspecified atom stereocenters. The van der Waals surface area contributed by atoms with Crippen molar-refractivity contribution >= 4 is 21.6 Å². The molecule has 1 fully saturated rings. The summed E-state index contributed by atoms with van der Waals surface area (Å²) in [7, 11) is -1.69. The molecule has 0 bridgehead atoms. The third kappa shape index (κ3) is 4.61. The number of nitrogens with one attached hydrogen (secondary N) is 1. The fourth-order valence-corrected chi connectivity index (χ4v) is 6.14. The number of carbonyl (C=O) groups is 1. The number of amides is 1. The average Bonchev–Trinajstić information content (AvgIpc) is 3.40. The van der Waals surface area contributed by atoms with E-state index in [0.29, 0.717) is 24.2 Å². The summed E-state index contributed by atoms with van der Waals surface area (Å²) in [6.07, 6.45) is 4.16. The molecule has 8 heteroatoms. The zero-order chi connectivity index (χ0) is 22.9. The van der Waals surface area contributed by atoms with Crippen LogP contribution in [0.5, 0.6) is 5.75 Å². The lowest BCUT2D eigenvalue weighted by Crippen LogP contribution is -2.36. The first kappa shape index (κ1) is 22.6. The first-order valence-corrected chi connectivity index (χ1v) is 12.9. The molecule has 0 aromatic heterocycles. The topological polar surface area (TPSA) is 79.0 Å². The second kappa shape index (κ2) is 9.11. The Morgan fingerprint density at radius 1 is 1.16 bits per heavy atom. The second-order valence-corrected chi connectivity index (χ2v) is 10.6. The summed E-state index contributed by atoms with van der Waals surface area (Å²) < 4.78 is 31.0. The predicted octanol–water partition coefficient (Wildman–Crippen LogP) is 2.97. The maximum atomic E-state index is 13.0. The quantitative estimate of drug-likeness (QED) is 0.692. The highest BCUT2D eigenvalue weighted by molar-refractivity contribution is 7.92. The number of hydrogen-bond donors (Lipinski definition) is 1. The highest BCUT2D eigenvalue weighted by atomic mass is 32.2. The van der Waals surface area contributed by atoms with E-state index in [1.54, 1.807) is 19.2 Å². The Morgan fingerprint density at radius 3 is 2.47 bits per heavy atom. The number of benzene rings is 2. The van der Waals surface area contributed by atoms with Gasteiger partial charge in [0.2, 0.25) is 10.0 Å². The highest BCUT2D eigenvalue weighted by Crippen LogP contribution is 2.34. The maximum Gasteiger partial charge on any atom is 0.251 e. The first-order chi connectivity index (χ1) is 15.3. The predicted molar refractivity (Wildman–Crippen MR) is 126 cm³/mol. The van der Waals surface area contributed by atoms with Crippen molar-refractivity contribution in [1.82, 2.24) is 10.2 Å². The molecule has 1 N–H and O–H groups in total.